The summed E-state index contributed by atoms with van der Waals surface area (Å²) in [7, 11) is 0. The Kier molecular flexibility index (Phi) is 3.97. The number of nitrogens with zero attached hydrogens (tertiary/aromatic N) is 2. The molecule has 1 N–H and O–H groups in total. The van der Waals surface area contributed by atoms with Gasteiger partial charge in [0.2, 0.25) is 5.72 Å². The molecule has 30 heavy (non-hydrogen) atoms. The van der Waals surface area contributed by atoms with Crippen LogP contribution in [0.1, 0.15) is 42.9 Å². The Labute approximate surface area is 183 Å². The van der Waals surface area contributed by atoms with Crippen LogP contribution >= 0.6 is 15.9 Å². The quantitative estimate of drug-likeness (QED) is 0.452. The summed E-state index contributed by atoms with van der Waals surface area (Å²) in [6.07, 6.45) is 5.04. The Morgan fingerprint density at radius 3 is 2.80 bits per heavy atom. The smallest absolute Gasteiger partial charge is 0.220 e. The molecule has 1 aliphatic carbocycles. The number of hydrazone groups is 1. The predicted octanol–water partition coefficient (Wildman–Crippen LogP) is 6.47. The number of allylic oxidation sites excluding steroid dienone is 1. The molecule has 2 atom stereocenters. The lowest BCUT2D eigenvalue weighted by molar-refractivity contribution is -0.0944. The van der Waals surface area contributed by atoms with E-state index in [0.29, 0.717) is 12.2 Å². The molecule has 0 radical (unpaired) electrons. The van der Waals surface area contributed by atoms with Crippen LogP contribution in [0.3, 0.4) is 0 Å². The maximum atomic E-state index is 10.3. The maximum absolute atomic E-state index is 10.3. The first-order valence-electron chi connectivity index (χ1n) is 10.4. The number of rotatable bonds is 1. The molecule has 0 aromatic heterocycles. The summed E-state index contributed by atoms with van der Waals surface area (Å²) in [5.74, 6) is 1.26. The van der Waals surface area contributed by atoms with Crippen molar-refractivity contribution in [1.82, 2.24) is 5.01 Å². The fourth-order valence-corrected chi connectivity index (χ4v) is 5.32. The van der Waals surface area contributed by atoms with Gasteiger partial charge in [0.15, 0.2) is 0 Å². The number of benzene rings is 3. The lowest BCUT2D eigenvalue weighted by atomic mass is 9.90. The average molecular weight is 461 g/mol. The van der Waals surface area contributed by atoms with Crippen LogP contribution in [-0.2, 0) is 0 Å². The Hall–Kier alpha value is -2.79. The van der Waals surface area contributed by atoms with E-state index in [1.807, 2.05) is 18.2 Å². The van der Waals surface area contributed by atoms with Crippen LogP contribution < -0.4 is 4.74 Å². The van der Waals surface area contributed by atoms with Crippen molar-refractivity contribution in [3.8, 4) is 5.75 Å². The van der Waals surface area contributed by atoms with Gasteiger partial charge in [-0.2, -0.15) is 5.10 Å². The minimum Gasteiger partial charge on any atom is -0.512 e. The molecule has 2 heterocycles. The van der Waals surface area contributed by atoms with E-state index in [-0.39, 0.29) is 6.04 Å². The second kappa shape index (κ2) is 6.61. The molecule has 0 bridgehead atoms. The Morgan fingerprint density at radius 2 is 1.93 bits per heavy atom. The van der Waals surface area contributed by atoms with Gasteiger partial charge in [0, 0.05) is 35.4 Å². The van der Waals surface area contributed by atoms with Crippen molar-refractivity contribution >= 4 is 32.4 Å². The van der Waals surface area contributed by atoms with Gasteiger partial charge in [-0.15, -0.1) is 0 Å². The second-order valence-electron chi connectivity index (χ2n) is 8.29. The molecule has 4 nitrogen and oxygen atoms in total. The predicted molar refractivity (Wildman–Crippen MR) is 122 cm³/mol. The van der Waals surface area contributed by atoms with E-state index < -0.39 is 5.72 Å². The molecule has 150 valence electrons. The highest BCUT2D eigenvalue weighted by Gasteiger charge is 2.50. The van der Waals surface area contributed by atoms with Crippen molar-refractivity contribution < 1.29 is 9.84 Å². The van der Waals surface area contributed by atoms with E-state index in [1.165, 1.54) is 10.8 Å². The average Bonchev–Trinajstić information content (AvgIpc) is 3.21. The van der Waals surface area contributed by atoms with Gasteiger partial charge in [-0.25, -0.2) is 5.01 Å². The van der Waals surface area contributed by atoms with Gasteiger partial charge in [-0.1, -0.05) is 52.3 Å². The van der Waals surface area contributed by atoms with Crippen molar-refractivity contribution in [2.24, 2.45) is 5.10 Å². The van der Waals surface area contributed by atoms with E-state index in [0.717, 1.165) is 46.3 Å². The largest absolute Gasteiger partial charge is 0.512 e. The molecule has 0 fully saturated rings. The Bertz CT molecular complexity index is 1230. The lowest BCUT2D eigenvalue weighted by Gasteiger charge is -2.47. The van der Waals surface area contributed by atoms with Crippen LogP contribution in [0.5, 0.6) is 5.75 Å². The van der Waals surface area contributed by atoms with Gasteiger partial charge >= 0.3 is 0 Å². The van der Waals surface area contributed by atoms with Crippen LogP contribution in [0, 0.1) is 0 Å². The van der Waals surface area contributed by atoms with Gasteiger partial charge in [0.25, 0.3) is 0 Å². The van der Waals surface area contributed by atoms with Crippen molar-refractivity contribution in [2.45, 2.75) is 37.5 Å². The molecule has 5 heteroatoms. The van der Waals surface area contributed by atoms with Crippen molar-refractivity contribution in [3.63, 3.8) is 0 Å². The summed E-state index contributed by atoms with van der Waals surface area (Å²) in [6.45, 7) is 0. The Balaban J connectivity index is 1.49. The first-order chi connectivity index (χ1) is 14.6. The third-order valence-electron chi connectivity index (χ3n) is 6.36. The van der Waals surface area contributed by atoms with E-state index in [1.54, 1.807) is 0 Å². The van der Waals surface area contributed by atoms with Gasteiger partial charge in [0.1, 0.15) is 5.75 Å². The van der Waals surface area contributed by atoms with E-state index >= 15 is 0 Å². The standard InChI is InChI=1S/C25H21BrN2O2/c26-19-9-10-24-21(13-19)23-14-22(18-8-7-16-4-1-2-5-17(16)12-18)27-28(23)25(30-24)11-3-6-20(29)15-25/h1-2,4-5,7-10,12-13,15,23,29H,3,6,11,14H2/t23-,25-/m1/s1. The number of hydrogen-bond donors (Lipinski definition) is 1. The summed E-state index contributed by atoms with van der Waals surface area (Å²) in [6, 6.07) is 21.2. The zero-order chi connectivity index (χ0) is 20.3. The third-order valence-corrected chi connectivity index (χ3v) is 6.85. The molecular formula is C25H21BrN2O2. The number of halogens is 1. The first kappa shape index (κ1) is 18.0. The normalized spacial score (nSPS) is 24.8. The Morgan fingerprint density at radius 1 is 1.07 bits per heavy atom. The summed E-state index contributed by atoms with van der Waals surface area (Å²) >= 11 is 3.61. The molecule has 0 unspecified atom stereocenters. The minimum atomic E-state index is -0.730. The van der Waals surface area contributed by atoms with Crippen molar-refractivity contribution in [2.75, 3.05) is 0 Å². The summed E-state index contributed by atoms with van der Waals surface area (Å²) < 4.78 is 7.55. The molecule has 6 rings (SSSR count). The van der Waals surface area contributed by atoms with Crippen LogP contribution in [0.15, 0.2) is 82.1 Å². The molecule has 1 spiro atoms. The second-order valence-corrected chi connectivity index (χ2v) is 9.21. The fraction of sp³-hybridized carbons (Fsp3) is 0.240. The van der Waals surface area contributed by atoms with Crippen LogP contribution in [-0.4, -0.2) is 21.6 Å². The van der Waals surface area contributed by atoms with Gasteiger partial charge in [-0.05, 0) is 47.0 Å². The SMILES string of the molecule is OC1=C[C@@]2(CCC1)Oc1ccc(Br)cc1[C@H]1CC(c3ccc4ccccc4c3)=NN12. The summed E-state index contributed by atoms with van der Waals surface area (Å²) in [4.78, 5) is 0. The number of aliphatic hydroxyl groups excluding tert-OH is 1. The zero-order valence-electron chi connectivity index (χ0n) is 16.4. The highest BCUT2D eigenvalue weighted by atomic mass is 79.9. The summed E-state index contributed by atoms with van der Waals surface area (Å²) in [5.41, 5.74) is 2.60. The molecule has 0 saturated heterocycles. The van der Waals surface area contributed by atoms with E-state index in [2.05, 4.69) is 69.5 Å². The highest BCUT2D eigenvalue weighted by molar-refractivity contribution is 9.10. The monoisotopic (exact) mass is 460 g/mol. The molecule has 2 aliphatic heterocycles. The first-order valence-corrected chi connectivity index (χ1v) is 11.2. The van der Waals surface area contributed by atoms with Crippen LogP contribution in [0.4, 0.5) is 0 Å². The number of fused-ring (bicyclic) bond motifs is 5. The maximum Gasteiger partial charge on any atom is 0.220 e. The number of aliphatic hydroxyl groups is 1. The number of ether oxygens (including phenoxy) is 1. The lowest BCUT2D eigenvalue weighted by Crippen LogP contribution is -2.53. The van der Waals surface area contributed by atoms with Gasteiger partial charge < -0.3 is 9.84 Å². The van der Waals surface area contributed by atoms with Crippen LogP contribution in [0.25, 0.3) is 10.8 Å². The van der Waals surface area contributed by atoms with Gasteiger partial charge in [-0.3, -0.25) is 0 Å². The van der Waals surface area contributed by atoms with E-state index in [9.17, 15) is 5.11 Å². The molecule has 3 aliphatic rings. The van der Waals surface area contributed by atoms with Crippen molar-refractivity contribution in [1.29, 1.82) is 0 Å². The molecule has 3 aromatic rings. The molecular weight excluding hydrogens is 440 g/mol. The highest BCUT2D eigenvalue weighted by Crippen LogP contribution is 2.50. The fourth-order valence-electron chi connectivity index (χ4n) is 4.94. The zero-order valence-corrected chi connectivity index (χ0v) is 18.0. The van der Waals surface area contributed by atoms with E-state index in [4.69, 9.17) is 9.84 Å². The minimum absolute atomic E-state index is 0.0786. The summed E-state index contributed by atoms with van der Waals surface area (Å²) in [5, 5.41) is 19.9. The van der Waals surface area contributed by atoms with Gasteiger partial charge in [0.05, 0.1) is 17.5 Å². The van der Waals surface area contributed by atoms with Crippen LogP contribution in [0.2, 0.25) is 0 Å². The molecule has 0 saturated carbocycles. The third kappa shape index (κ3) is 2.76. The molecule has 3 aromatic carbocycles. The molecule has 0 amide bonds. The number of hydrogen-bond acceptors (Lipinski definition) is 4. The topological polar surface area (TPSA) is 45.1 Å². The van der Waals surface area contributed by atoms with Crippen molar-refractivity contribution in [3.05, 3.63) is 88.1 Å².